The molecule has 0 aromatic rings. The Morgan fingerprint density at radius 2 is 2.33 bits per heavy atom. The lowest BCUT2D eigenvalue weighted by Gasteiger charge is -1.99. The fraction of sp³-hybridized carbons (Fsp3) is 0.750. The van der Waals surface area contributed by atoms with Crippen molar-refractivity contribution in [2.75, 3.05) is 20.1 Å². The summed E-state index contributed by atoms with van der Waals surface area (Å²) >= 11 is 1.53. The number of likely N-dealkylation sites (N-methyl/N-ethyl adjacent to an activating group) is 1. The van der Waals surface area contributed by atoms with E-state index in [-0.39, 0.29) is 0 Å². The van der Waals surface area contributed by atoms with Crippen molar-refractivity contribution in [2.45, 2.75) is 0 Å². The van der Waals surface area contributed by atoms with Crippen LogP contribution in [0.15, 0.2) is 0 Å². The first-order chi connectivity index (χ1) is 4.31. The number of nitrogens with one attached hydrogen (secondary N) is 2. The van der Waals surface area contributed by atoms with E-state index in [0.29, 0.717) is 6.54 Å². The second kappa shape index (κ2) is 6.09. The molecule has 0 fully saturated rings. The van der Waals surface area contributed by atoms with Gasteiger partial charge in [0.2, 0.25) is 0 Å². The molecular formula is C4H9IN2O2. The molecule has 1 amide bonds. The van der Waals surface area contributed by atoms with Crippen LogP contribution in [0.3, 0.4) is 0 Å². The number of hydrogen-bond acceptors (Lipinski definition) is 3. The topological polar surface area (TPSA) is 50.4 Å². The lowest BCUT2D eigenvalue weighted by molar-refractivity contribution is 0.215. The highest BCUT2D eigenvalue weighted by Crippen LogP contribution is 1.83. The van der Waals surface area contributed by atoms with Crippen molar-refractivity contribution in [3.8, 4) is 0 Å². The predicted octanol–water partition coefficient (Wildman–Crippen LogP) is 0.282. The minimum Gasteiger partial charge on any atom is -0.378 e. The van der Waals surface area contributed by atoms with E-state index in [0.717, 1.165) is 6.54 Å². The monoisotopic (exact) mass is 244 g/mol. The Morgan fingerprint density at radius 1 is 1.67 bits per heavy atom. The second-order valence-electron chi connectivity index (χ2n) is 1.39. The minimum atomic E-state index is -0.397. The summed E-state index contributed by atoms with van der Waals surface area (Å²) in [7, 11) is 1.82. The number of amides is 1. The molecule has 0 saturated heterocycles. The molecule has 9 heavy (non-hydrogen) atoms. The van der Waals surface area contributed by atoms with Crippen molar-refractivity contribution in [1.29, 1.82) is 0 Å². The molecule has 2 N–H and O–H groups in total. The predicted molar refractivity (Wildman–Crippen MR) is 42.4 cm³/mol. The van der Waals surface area contributed by atoms with E-state index in [2.05, 4.69) is 13.7 Å². The largest absolute Gasteiger partial charge is 0.416 e. The van der Waals surface area contributed by atoms with Gasteiger partial charge in [-0.1, -0.05) is 0 Å². The summed E-state index contributed by atoms with van der Waals surface area (Å²) in [5, 5.41) is 5.38. The first-order valence-electron chi connectivity index (χ1n) is 2.52. The van der Waals surface area contributed by atoms with E-state index in [1.54, 1.807) is 0 Å². The van der Waals surface area contributed by atoms with E-state index in [1.165, 1.54) is 23.0 Å². The van der Waals surface area contributed by atoms with E-state index in [1.807, 2.05) is 7.05 Å². The average Bonchev–Trinajstić information content (AvgIpc) is 1.89. The lowest BCUT2D eigenvalue weighted by atomic mass is 10.6. The summed E-state index contributed by atoms with van der Waals surface area (Å²) in [6, 6.07) is 0. The summed E-state index contributed by atoms with van der Waals surface area (Å²) in [5.41, 5.74) is 0. The van der Waals surface area contributed by atoms with Crippen molar-refractivity contribution >= 4 is 29.1 Å². The molecule has 4 nitrogen and oxygen atoms in total. The van der Waals surface area contributed by atoms with Gasteiger partial charge < -0.3 is 13.7 Å². The fourth-order valence-electron chi connectivity index (χ4n) is 0.317. The number of carbonyl (C=O) groups is 1. The van der Waals surface area contributed by atoms with E-state index >= 15 is 0 Å². The maximum atomic E-state index is 10.3. The minimum absolute atomic E-state index is 0.397. The van der Waals surface area contributed by atoms with Crippen molar-refractivity contribution < 1.29 is 7.86 Å². The normalized spacial score (nSPS) is 8.67. The molecule has 0 unspecified atom stereocenters. The van der Waals surface area contributed by atoms with E-state index in [9.17, 15) is 4.79 Å². The molecule has 0 radical (unpaired) electrons. The molecule has 0 aromatic heterocycles. The maximum absolute atomic E-state index is 10.3. The Bertz CT molecular complexity index is 88.6. The van der Waals surface area contributed by atoms with Crippen molar-refractivity contribution in [3.63, 3.8) is 0 Å². The highest BCUT2D eigenvalue weighted by molar-refractivity contribution is 14.1. The van der Waals surface area contributed by atoms with Crippen LogP contribution in [-0.4, -0.2) is 26.2 Å². The van der Waals surface area contributed by atoms with Crippen molar-refractivity contribution in [2.24, 2.45) is 0 Å². The Labute approximate surface area is 68.0 Å². The first-order valence-corrected chi connectivity index (χ1v) is 3.40. The van der Waals surface area contributed by atoms with Gasteiger partial charge in [-0.15, -0.1) is 0 Å². The molecule has 0 aromatic carbocycles. The van der Waals surface area contributed by atoms with Crippen LogP contribution in [0.1, 0.15) is 0 Å². The lowest BCUT2D eigenvalue weighted by Crippen LogP contribution is -2.29. The first kappa shape index (κ1) is 8.96. The molecule has 0 aliphatic heterocycles. The summed E-state index contributed by atoms with van der Waals surface area (Å²) < 4.78 is 4.29. The Hall–Kier alpha value is -0.0400. The number of carbonyl (C=O) groups excluding carboxylic acids is 1. The smallest absolute Gasteiger partial charge is 0.378 e. The molecule has 0 aliphatic rings. The number of halogens is 1. The zero-order chi connectivity index (χ0) is 7.11. The fourth-order valence-corrected chi connectivity index (χ4v) is 0.473. The maximum Gasteiger partial charge on any atom is 0.416 e. The van der Waals surface area contributed by atoms with E-state index < -0.39 is 6.09 Å². The van der Waals surface area contributed by atoms with Crippen LogP contribution in [0, 0.1) is 0 Å². The highest BCUT2D eigenvalue weighted by atomic mass is 127. The Balaban J connectivity index is 2.97. The number of hydrogen-bond donors (Lipinski definition) is 2. The van der Waals surface area contributed by atoms with Gasteiger partial charge in [-0.2, -0.15) is 0 Å². The highest BCUT2D eigenvalue weighted by Gasteiger charge is 1.94. The molecule has 0 aliphatic carbocycles. The summed E-state index contributed by atoms with van der Waals surface area (Å²) in [5.74, 6) is 0. The molecule has 0 rings (SSSR count). The third-order valence-electron chi connectivity index (χ3n) is 0.714. The molecule has 5 heteroatoms. The summed E-state index contributed by atoms with van der Waals surface area (Å²) in [4.78, 5) is 10.3. The van der Waals surface area contributed by atoms with Gasteiger partial charge in [0, 0.05) is 13.1 Å². The van der Waals surface area contributed by atoms with Gasteiger partial charge in [0.15, 0.2) is 23.0 Å². The molecule has 0 spiro atoms. The number of rotatable bonds is 3. The SMILES string of the molecule is CNCCNC(=O)OI. The molecule has 0 heterocycles. The standard InChI is InChI=1S/C4H9IN2O2/c1-6-2-3-7-4(8)9-5/h6H,2-3H2,1H3,(H,7,8). The van der Waals surface area contributed by atoms with Gasteiger partial charge in [0.05, 0.1) is 0 Å². The van der Waals surface area contributed by atoms with E-state index in [4.69, 9.17) is 0 Å². The van der Waals surface area contributed by atoms with Gasteiger partial charge in [0.25, 0.3) is 0 Å². The van der Waals surface area contributed by atoms with Crippen LogP contribution >= 0.6 is 23.0 Å². The van der Waals surface area contributed by atoms with Crippen LogP contribution in [0.4, 0.5) is 4.79 Å². The van der Waals surface area contributed by atoms with Gasteiger partial charge in [0.1, 0.15) is 0 Å². The van der Waals surface area contributed by atoms with Crippen molar-refractivity contribution in [1.82, 2.24) is 10.6 Å². The quantitative estimate of drug-likeness (QED) is 0.553. The molecule has 54 valence electrons. The van der Waals surface area contributed by atoms with Gasteiger partial charge in [-0.3, -0.25) is 0 Å². The zero-order valence-electron chi connectivity index (χ0n) is 5.11. The summed E-state index contributed by atoms with van der Waals surface area (Å²) in [6.07, 6.45) is -0.397. The second-order valence-corrected chi connectivity index (χ2v) is 1.84. The summed E-state index contributed by atoms with van der Waals surface area (Å²) in [6.45, 7) is 1.35. The van der Waals surface area contributed by atoms with Crippen LogP contribution in [0.2, 0.25) is 0 Å². The third kappa shape index (κ3) is 5.84. The molecule has 0 saturated carbocycles. The van der Waals surface area contributed by atoms with Gasteiger partial charge in [-0.25, -0.2) is 4.79 Å². The molecule has 0 atom stereocenters. The Kier molecular flexibility index (Phi) is 6.06. The zero-order valence-corrected chi connectivity index (χ0v) is 7.27. The Morgan fingerprint density at radius 3 is 2.78 bits per heavy atom. The van der Waals surface area contributed by atoms with Crippen LogP contribution in [0.5, 0.6) is 0 Å². The molecule has 0 bridgehead atoms. The van der Waals surface area contributed by atoms with Crippen LogP contribution in [0.25, 0.3) is 0 Å². The third-order valence-corrected chi connectivity index (χ3v) is 1.11. The van der Waals surface area contributed by atoms with Crippen molar-refractivity contribution in [3.05, 3.63) is 0 Å². The van der Waals surface area contributed by atoms with Crippen LogP contribution in [-0.2, 0) is 3.07 Å². The van der Waals surface area contributed by atoms with Crippen LogP contribution < -0.4 is 10.6 Å². The molecular weight excluding hydrogens is 235 g/mol. The average molecular weight is 244 g/mol. The van der Waals surface area contributed by atoms with Gasteiger partial charge in [-0.05, 0) is 7.05 Å². The van der Waals surface area contributed by atoms with Gasteiger partial charge >= 0.3 is 6.09 Å².